The molecule has 0 spiro atoms. The lowest BCUT2D eigenvalue weighted by molar-refractivity contribution is -0.117. The molecule has 0 aliphatic carbocycles. The highest BCUT2D eigenvalue weighted by Gasteiger charge is 2.10. The van der Waals surface area contributed by atoms with Crippen molar-refractivity contribution in [1.29, 1.82) is 0 Å². The largest absolute Gasteiger partial charge is 0.462 e. The van der Waals surface area contributed by atoms with Crippen molar-refractivity contribution in [2.24, 2.45) is 0 Å². The van der Waals surface area contributed by atoms with Crippen LogP contribution in [0.3, 0.4) is 0 Å². The monoisotopic (exact) mass is 482 g/mol. The zero-order chi connectivity index (χ0) is 25.5. The maximum absolute atomic E-state index is 12.2. The number of carbonyl (C=O) groups is 4. The maximum Gasteiger partial charge on any atom is 0.338 e. The molecule has 8 nitrogen and oxygen atoms in total. The van der Waals surface area contributed by atoms with Gasteiger partial charge in [0, 0.05) is 24.2 Å². The van der Waals surface area contributed by atoms with Gasteiger partial charge in [-0.15, -0.1) is 0 Å². The van der Waals surface area contributed by atoms with Crippen LogP contribution >= 0.6 is 0 Å². The number of anilines is 2. The molecule has 0 aliphatic heterocycles. The van der Waals surface area contributed by atoms with Crippen LogP contribution in [0.25, 0.3) is 0 Å². The van der Waals surface area contributed by atoms with E-state index in [0.29, 0.717) is 42.1 Å². The Morgan fingerprint density at radius 1 is 0.600 bits per heavy atom. The third-order valence-electron chi connectivity index (χ3n) is 5.08. The molecule has 0 heterocycles. The van der Waals surface area contributed by atoms with Gasteiger partial charge in [-0.25, -0.2) is 9.59 Å². The average Bonchev–Trinajstić information content (AvgIpc) is 2.85. The first-order valence-corrected chi connectivity index (χ1v) is 12.1. The average molecular weight is 483 g/mol. The van der Waals surface area contributed by atoms with E-state index in [1.54, 1.807) is 48.5 Å². The first-order valence-electron chi connectivity index (χ1n) is 12.1. The molecular weight excluding hydrogens is 448 g/mol. The lowest BCUT2D eigenvalue weighted by Gasteiger charge is -2.08. The van der Waals surface area contributed by atoms with Gasteiger partial charge in [0.2, 0.25) is 11.8 Å². The van der Waals surface area contributed by atoms with Gasteiger partial charge in [0.15, 0.2) is 0 Å². The summed E-state index contributed by atoms with van der Waals surface area (Å²) in [6, 6.07) is 13.0. The van der Waals surface area contributed by atoms with Gasteiger partial charge in [-0.2, -0.15) is 0 Å². The number of ether oxygens (including phenoxy) is 2. The molecule has 2 rings (SSSR count). The Morgan fingerprint density at radius 2 is 0.971 bits per heavy atom. The summed E-state index contributed by atoms with van der Waals surface area (Å²) in [5.74, 6) is -1.21. The van der Waals surface area contributed by atoms with E-state index in [1.165, 1.54) is 0 Å². The Morgan fingerprint density at radius 3 is 1.31 bits per heavy atom. The molecule has 2 amide bonds. The molecule has 0 unspecified atom stereocenters. The second kappa shape index (κ2) is 15.3. The molecule has 0 bridgehead atoms. The van der Waals surface area contributed by atoms with Crippen molar-refractivity contribution in [3.8, 4) is 0 Å². The highest BCUT2D eigenvalue weighted by atomic mass is 16.5. The van der Waals surface area contributed by atoms with E-state index in [2.05, 4.69) is 10.6 Å². The Balaban J connectivity index is 1.69. The van der Waals surface area contributed by atoms with Crippen LogP contribution in [-0.2, 0) is 19.1 Å². The van der Waals surface area contributed by atoms with Crippen molar-refractivity contribution in [3.63, 3.8) is 0 Å². The molecule has 2 aromatic rings. The Hall–Kier alpha value is -3.68. The molecule has 188 valence electrons. The number of carbonyl (C=O) groups excluding carboxylic acids is 4. The first kappa shape index (κ1) is 27.6. The van der Waals surface area contributed by atoms with Crippen molar-refractivity contribution >= 4 is 35.1 Å². The number of amides is 2. The van der Waals surface area contributed by atoms with E-state index in [-0.39, 0.29) is 36.6 Å². The number of rotatable bonds is 14. The fourth-order valence-electron chi connectivity index (χ4n) is 3.02. The second-order valence-corrected chi connectivity index (χ2v) is 8.08. The van der Waals surface area contributed by atoms with Gasteiger partial charge in [-0.1, -0.05) is 26.7 Å². The molecule has 0 aromatic heterocycles. The molecule has 2 N–H and O–H groups in total. The third-order valence-corrected chi connectivity index (χ3v) is 5.08. The first-order chi connectivity index (χ1) is 16.9. The van der Waals surface area contributed by atoms with Gasteiger partial charge in [-0.05, 0) is 67.8 Å². The Labute approximate surface area is 206 Å². The molecule has 2 aromatic carbocycles. The van der Waals surface area contributed by atoms with Crippen LogP contribution in [0.2, 0.25) is 0 Å². The van der Waals surface area contributed by atoms with Crippen molar-refractivity contribution < 1.29 is 28.7 Å². The maximum atomic E-state index is 12.2. The summed E-state index contributed by atoms with van der Waals surface area (Å²) in [7, 11) is 0. The van der Waals surface area contributed by atoms with Crippen LogP contribution in [0.5, 0.6) is 0 Å². The summed E-state index contributed by atoms with van der Waals surface area (Å²) < 4.78 is 10.3. The van der Waals surface area contributed by atoms with Crippen molar-refractivity contribution in [2.45, 2.75) is 58.8 Å². The lowest BCUT2D eigenvalue weighted by atomic mass is 10.1. The zero-order valence-corrected chi connectivity index (χ0v) is 20.4. The summed E-state index contributed by atoms with van der Waals surface area (Å²) in [5, 5.41) is 5.50. The van der Waals surface area contributed by atoms with Crippen LogP contribution in [0.1, 0.15) is 79.5 Å². The quantitative estimate of drug-likeness (QED) is 0.277. The smallest absolute Gasteiger partial charge is 0.338 e. The molecule has 0 aliphatic rings. The van der Waals surface area contributed by atoms with Crippen LogP contribution in [0.15, 0.2) is 48.5 Å². The fourth-order valence-corrected chi connectivity index (χ4v) is 3.02. The van der Waals surface area contributed by atoms with Crippen molar-refractivity contribution in [2.75, 3.05) is 23.8 Å². The Bertz CT molecular complexity index is 891. The van der Waals surface area contributed by atoms with E-state index in [9.17, 15) is 19.2 Å². The summed E-state index contributed by atoms with van der Waals surface area (Å²) >= 11 is 0. The molecule has 0 radical (unpaired) electrons. The van der Waals surface area contributed by atoms with E-state index >= 15 is 0 Å². The van der Waals surface area contributed by atoms with Gasteiger partial charge >= 0.3 is 11.9 Å². The molecule has 0 fully saturated rings. The molecule has 0 saturated heterocycles. The van der Waals surface area contributed by atoms with Crippen molar-refractivity contribution in [1.82, 2.24) is 0 Å². The number of esters is 2. The number of benzene rings is 2. The van der Waals surface area contributed by atoms with E-state index in [0.717, 1.165) is 25.7 Å². The third kappa shape index (κ3) is 10.4. The summed E-state index contributed by atoms with van der Waals surface area (Å²) in [5.41, 5.74) is 1.99. The van der Waals surface area contributed by atoms with Crippen LogP contribution in [-0.4, -0.2) is 37.0 Å². The summed E-state index contributed by atoms with van der Waals surface area (Å²) in [6.07, 6.45) is 4.27. The molecule has 0 saturated carbocycles. The van der Waals surface area contributed by atoms with Crippen LogP contribution in [0.4, 0.5) is 11.4 Å². The highest BCUT2D eigenvalue weighted by molar-refractivity contribution is 5.95. The van der Waals surface area contributed by atoms with Gasteiger partial charge < -0.3 is 20.1 Å². The van der Waals surface area contributed by atoms with Crippen LogP contribution < -0.4 is 10.6 Å². The summed E-state index contributed by atoms with van der Waals surface area (Å²) in [6.45, 7) is 4.82. The summed E-state index contributed by atoms with van der Waals surface area (Å²) in [4.78, 5) is 48.2. The molecule has 8 heteroatoms. The molecule has 0 atom stereocenters. The number of hydrogen-bond acceptors (Lipinski definition) is 6. The standard InChI is InChI=1S/C27H34N2O6/c1-3-5-18-34-26(32)20-10-14-22(15-11-20)28-24(30)8-7-9-25(31)29-23-16-12-21(13-17-23)27(33)35-19-6-4-2/h10-17H,3-9,18-19H2,1-2H3,(H,28,30)(H,29,31). The lowest BCUT2D eigenvalue weighted by Crippen LogP contribution is -2.15. The minimum absolute atomic E-state index is 0.177. The fraction of sp³-hybridized carbons (Fsp3) is 0.407. The van der Waals surface area contributed by atoms with E-state index in [4.69, 9.17) is 9.47 Å². The van der Waals surface area contributed by atoms with E-state index in [1.807, 2.05) is 13.8 Å². The highest BCUT2D eigenvalue weighted by Crippen LogP contribution is 2.14. The predicted octanol–water partition coefficient (Wildman–Crippen LogP) is 5.35. The second-order valence-electron chi connectivity index (χ2n) is 8.08. The normalized spacial score (nSPS) is 10.3. The van der Waals surface area contributed by atoms with Gasteiger partial charge in [0.1, 0.15) is 0 Å². The number of nitrogens with one attached hydrogen (secondary N) is 2. The van der Waals surface area contributed by atoms with Crippen molar-refractivity contribution in [3.05, 3.63) is 59.7 Å². The topological polar surface area (TPSA) is 111 Å². The molecular formula is C27H34N2O6. The van der Waals surface area contributed by atoms with Gasteiger partial charge in [0.25, 0.3) is 0 Å². The number of unbranched alkanes of at least 4 members (excludes halogenated alkanes) is 2. The minimum atomic E-state index is -0.385. The SMILES string of the molecule is CCCCOC(=O)c1ccc(NC(=O)CCCC(=O)Nc2ccc(C(=O)OCCCC)cc2)cc1. The van der Waals surface area contributed by atoms with Gasteiger partial charge in [-0.3, -0.25) is 9.59 Å². The van der Waals surface area contributed by atoms with E-state index < -0.39 is 0 Å². The Kier molecular flexibility index (Phi) is 12.0. The molecule has 35 heavy (non-hydrogen) atoms. The minimum Gasteiger partial charge on any atom is -0.462 e. The van der Waals surface area contributed by atoms with Gasteiger partial charge in [0.05, 0.1) is 24.3 Å². The van der Waals surface area contributed by atoms with Crippen LogP contribution in [0, 0.1) is 0 Å². The number of hydrogen-bond donors (Lipinski definition) is 2. The zero-order valence-electron chi connectivity index (χ0n) is 20.4. The predicted molar refractivity (Wildman–Crippen MR) is 134 cm³/mol.